The standard InChI is InChI=1S/C25H26N2O12S3/c1-2-26(11-5-3-4-6-22(30)39-27-20(28)9-10-21(27)29)16-8-7-15-12-17(25(31)38-18(15)13-16)24-19(41(32,33)34)14-23(40-24)42(35,36)37/h7-8,12-14H,2-6,9-11H2,1H3,(H,32,33,34)(H,35,36,37). The Kier molecular flexibility index (Phi) is 9.17. The number of hydrogen-bond acceptors (Lipinski definition) is 12. The average Bonchev–Trinajstić information content (AvgIpc) is 3.50. The molecule has 1 fully saturated rings. The molecule has 0 atom stereocenters. The number of amides is 2. The summed E-state index contributed by atoms with van der Waals surface area (Å²) in [6.07, 6.45) is 1.93. The van der Waals surface area contributed by atoms with Crippen LogP contribution in [0.1, 0.15) is 45.4 Å². The Labute approximate surface area is 243 Å². The highest BCUT2D eigenvalue weighted by molar-refractivity contribution is 7.89. The van der Waals surface area contributed by atoms with E-state index in [-0.39, 0.29) is 30.4 Å². The molecule has 1 saturated heterocycles. The fraction of sp³-hybridized carbons (Fsp3) is 0.360. The van der Waals surface area contributed by atoms with Crippen molar-refractivity contribution in [2.75, 3.05) is 18.0 Å². The fourth-order valence-electron chi connectivity index (χ4n) is 4.34. The molecule has 2 amide bonds. The van der Waals surface area contributed by atoms with Crippen molar-refractivity contribution in [3.05, 3.63) is 40.8 Å². The average molecular weight is 643 g/mol. The Bertz CT molecular complexity index is 1810. The Morgan fingerprint density at radius 2 is 1.69 bits per heavy atom. The van der Waals surface area contributed by atoms with Gasteiger partial charge in [0.05, 0.1) is 10.4 Å². The zero-order chi connectivity index (χ0) is 30.8. The van der Waals surface area contributed by atoms with Crippen LogP contribution in [0.5, 0.6) is 0 Å². The van der Waals surface area contributed by atoms with Crippen LogP contribution in [0, 0.1) is 0 Å². The molecule has 0 aliphatic carbocycles. The zero-order valence-electron chi connectivity index (χ0n) is 22.1. The molecule has 1 aliphatic heterocycles. The number of anilines is 1. The van der Waals surface area contributed by atoms with E-state index < -0.39 is 57.6 Å². The summed E-state index contributed by atoms with van der Waals surface area (Å²) in [5, 5.41) is 0.910. The molecule has 4 rings (SSSR count). The number of carbonyl (C=O) groups is 3. The first-order chi connectivity index (χ1) is 19.7. The second kappa shape index (κ2) is 12.3. The summed E-state index contributed by atoms with van der Waals surface area (Å²) in [7, 11) is -9.76. The molecule has 226 valence electrons. The van der Waals surface area contributed by atoms with Crippen LogP contribution in [0.15, 0.2) is 48.6 Å². The summed E-state index contributed by atoms with van der Waals surface area (Å²) in [5.41, 5.74) is -0.407. The third kappa shape index (κ3) is 7.04. The summed E-state index contributed by atoms with van der Waals surface area (Å²) in [5.74, 6) is -1.72. The second-order valence-corrected chi connectivity index (χ2v) is 13.4. The molecule has 0 unspecified atom stereocenters. The van der Waals surface area contributed by atoms with E-state index >= 15 is 0 Å². The van der Waals surface area contributed by atoms with Gasteiger partial charge in [0, 0.05) is 49.5 Å². The maximum atomic E-state index is 12.8. The summed E-state index contributed by atoms with van der Waals surface area (Å²) < 4.78 is 70.3. The number of hydroxylamine groups is 2. The number of carbonyl (C=O) groups excluding carboxylic acids is 3. The first-order valence-corrected chi connectivity index (χ1v) is 16.4. The fourth-order valence-corrected chi connectivity index (χ4v) is 7.27. The number of fused-ring (bicyclic) bond motifs is 1. The van der Waals surface area contributed by atoms with Crippen molar-refractivity contribution in [3.63, 3.8) is 0 Å². The van der Waals surface area contributed by atoms with Crippen LogP contribution in [0.25, 0.3) is 21.4 Å². The molecule has 1 aliphatic rings. The van der Waals surface area contributed by atoms with Gasteiger partial charge in [-0.15, -0.1) is 16.4 Å². The van der Waals surface area contributed by atoms with E-state index in [1.54, 1.807) is 18.2 Å². The molecule has 0 spiro atoms. The van der Waals surface area contributed by atoms with E-state index in [0.29, 0.717) is 60.2 Å². The van der Waals surface area contributed by atoms with Crippen LogP contribution in [-0.4, -0.2) is 61.9 Å². The zero-order valence-corrected chi connectivity index (χ0v) is 24.6. The van der Waals surface area contributed by atoms with Crippen molar-refractivity contribution >= 4 is 66.0 Å². The molecule has 2 N–H and O–H groups in total. The van der Waals surface area contributed by atoms with Gasteiger partial charge in [-0.05, 0) is 44.0 Å². The molecule has 0 bridgehead atoms. The number of imide groups is 1. The number of unbranched alkanes of at least 4 members (excludes halogenated alkanes) is 2. The summed E-state index contributed by atoms with van der Waals surface area (Å²) in [4.78, 5) is 53.5. The number of rotatable bonds is 12. The van der Waals surface area contributed by atoms with Gasteiger partial charge >= 0.3 is 21.7 Å². The number of thiophene rings is 1. The Morgan fingerprint density at radius 3 is 2.31 bits per heavy atom. The summed E-state index contributed by atoms with van der Waals surface area (Å²) in [6, 6.07) is 6.86. The van der Waals surface area contributed by atoms with Gasteiger partial charge in [0.25, 0.3) is 21.9 Å². The van der Waals surface area contributed by atoms with Gasteiger partial charge in [0.1, 0.15) is 14.7 Å². The highest BCUT2D eigenvalue weighted by Crippen LogP contribution is 2.37. The van der Waals surface area contributed by atoms with Crippen molar-refractivity contribution in [3.8, 4) is 10.4 Å². The minimum atomic E-state index is -4.95. The monoisotopic (exact) mass is 642 g/mol. The molecule has 3 aromatic rings. The van der Waals surface area contributed by atoms with Crippen LogP contribution in [0.2, 0.25) is 0 Å². The van der Waals surface area contributed by atoms with E-state index in [1.165, 1.54) is 6.07 Å². The second-order valence-electron chi connectivity index (χ2n) is 9.31. The molecular weight excluding hydrogens is 616 g/mol. The van der Waals surface area contributed by atoms with E-state index in [2.05, 4.69) is 0 Å². The van der Waals surface area contributed by atoms with E-state index in [1.807, 2.05) is 11.8 Å². The molecule has 0 saturated carbocycles. The van der Waals surface area contributed by atoms with Crippen LogP contribution in [0.4, 0.5) is 5.69 Å². The SMILES string of the molecule is CCN(CCCCCC(=O)ON1C(=O)CCC1=O)c1ccc2cc(-c3sc(S(=O)(=O)O)cc3S(=O)(=O)O)c(=O)oc2c1. The number of hydrogen-bond donors (Lipinski definition) is 2. The van der Waals surface area contributed by atoms with Crippen molar-refractivity contribution in [2.24, 2.45) is 0 Å². The Hall–Kier alpha value is -3.64. The maximum Gasteiger partial charge on any atom is 0.345 e. The van der Waals surface area contributed by atoms with Crippen molar-refractivity contribution in [2.45, 2.75) is 54.6 Å². The van der Waals surface area contributed by atoms with E-state index in [9.17, 15) is 45.1 Å². The van der Waals surface area contributed by atoms with E-state index in [4.69, 9.17) is 9.25 Å². The highest BCUT2D eigenvalue weighted by atomic mass is 32.3. The van der Waals surface area contributed by atoms with Gasteiger partial charge in [0.2, 0.25) is 0 Å². The quantitative estimate of drug-likeness (QED) is 0.126. The third-order valence-electron chi connectivity index (χ3n) is 6.43. The third-order valence-corrected chi connectivity index (χ3v) is 9.90. The van der Waals surface area contributed by atoms with Gasteiger partial charge < -0.3 is 14.2 Å². The molecule has 3 heterocycles. The van der Waals surface area contributed by atoms with Gasteiger partial charge in [-0.2, -0.15) is 16.8 Å². The van der Waals surface area contributed by atoms with Gasteiger partial charge in [-0.3, -0.25) is 18.7 Å². The van der Waals surface area contributed by atoms with Crippen molar-refractivity contribution in [1.82, 2.24) is 5.06 Å². The lowest BCUT2D eigenvalue weighted by Gasteiger charge is -2.23. The predicted octanol–water partition coefficient (Wildman–Crippen LogP) is 3.01. The van der Waals surface area contributed by atoms with Crippen LogP contribution in [-0.2, 0) is 39.5 Å². The lowest BCUT2D eigenvalue weighted by Crippen LogP contribution is -2.31. The van der Waals surface area contributed by atoms with Crippen LogP contribution in [0.3, 0.4) is 0 Å². The lowest BCUT2D eigenvalue weighted by atomic mass is 10.1. The largest absolute Gasteiger partial charge is 0.422 e. The first-order valence-electron chi connectivity index (χ1n) is 12.7. The van der Waals surface area contributed by atoms with Gasteiger partial charge in [0.15, 0.2) is 0 Å². The molecular formula is C25H26N2O12S3. The van der Waals surface area contributed by atoms with Crippen molar-refractivity contribution in [1.29, 1.82) is 0 Å². The molecule has 14 nitrogen and oxygen atoms in total. The minimum Gasteiger partial charge on any atom is -0.422 e. The summed E-state index contributed by atoms with van der Waals surface area (Å²) in [6.45, 7) is 3.11. The number of benzene rings is 1. The molecule has 42 heavy (non-hydrogen) atoms. The predicted molar refractivity (Wildman–Crippen MR) is 149 cm³/mol. The lowest BCUT2D eigenvalue weighted by molar-refractivity contribution is -0.197. The normalized spacial score (nSPS) is 14.1. The molecule has 0 radical (unpaired) electrons. The molecule has 1 aromatic carbocycles. The first kappa shape index (κ1) is 31.3. The van der Waals surface area contributed by atoms with Crippen LogP contribution >= 0.6 is 11.3 Å². The Morgan fingerprint density at radius 1 is 1.00 bits per heavy atom. The topological polar surface area (TPSA) is 206 Å². The Balaban J connectivity index is 1.44. The summed E-state index contributed by atoms with van der Waals surface area (Å²) >= 11 is 0.297. The highest BCUT2D eigenvalue weighted by Gasteiger charge is 2.32. The van der Waals surface area contributed by atoms with Crippen LogP contribution < -0.4 is 10.5 Å². The van der Waals surface area contributed by atoms with Gasteiger partial charge in [-0.1, -0.05) is 6.42 Å². The molecule has 17 heteroatoms. The maximum absolute atomic E-state index is 12.8. The minimum absolute atomic E-state index is 0.0276. The smallest absolute Gasteiger partial charge is 0.345 e. The van der Waals surface area contributed by atoms with E-state index in [0.717, 1.165) is 5.69 Å². The van der Waals surface area contributed by atoms with Crippen molar-refractivity contribution < 1.29 is 49.6 Å². The molecule has 2 aromatic heterocycles. The van der Waals surface area contributed by atoms with Gasteiger partial charge in [-0.25, -0.2) is 9.59 Å². The number of nitrogens with zero attached hydrogens (tertiary/aromatic N) is 2.